The zero-order valence-electron chi connectivity index (χ0n) is 13.5. The molecule has 0 amide bonds. The molecule has 1 fully saturated rings. The number of hydrogen-bond acceptors (Lipinski definition) is 5. The second-order valence-corrected chi connectivity index (χ2v) is 6.43. The number of hydrogen-bond donors (Lipinski definition) is 1. The third kappa shape index (κ3) is 2.46. The zero-order chi connectivity index (χ0) is 16.0. The van der Waals surface area contributed by atoms with Gasteiger partial charge in [0.25, 0.3) is 0 Å². The van der Waals surface area contributed by atoms with Crippen molar-refractivity contribution >= 4 is 5.65 Å². The van der Waals surface area contributed by atoms with E-state index in [0.29, 0.717) is 12.1 Å². The molecule has 7 nitrogen and oxygen atoms in total. The van der Waals surface area contributed by atoms with Crippen molar-refractivity contribution in [1.82, 2.24) is 29.5 Å². The quantitative estimate of drug-likeness (QED) is 0.793. The fourth-order valence-corrected chi connectivity index (χ4v) is 3.16. The highest BCUT2D eigenvalue weighted by Crippen LogP contribution is 2.36. The maximum Gasteiger partial charge on any atom is 0.303 e. The third-order valence-corrected chi connectivity index (χ3v) is 4.46. The van der Waals surface area contributed by atoms with Gasteiger partial charge in [0.05, 0.1) is 11.9 Å². The van der Waals surface area contributed by atoms with Crippen molar-refractivity contribution in [3.8, 4) is 17.3 Å². The standard InChI is InChI=1S/C16H20N6O/c1-16(7-12(8-16)17-2)23-15-20-13(11-9-19-21(3)10-11)6-14-18-4-5-22(14)15/h4-6,9-10,12,17H,7-8H2,1-3H3/t12-,16+. The van der Waals surface area contributed by atoms with Gasteiger partial charge in [-0.25, -0.2) is 4.98 Å². The van der Waals surface area contributed by atoms with E-state index in [0.717, 1.165) is 29.7 Å². The molecule has 0 aliphatic heterocycles. The Morgan fingerprint density at radius 2 is 2.22 bits per heavy atom. The Hall–Kier alpha value is -2.41. The molecule has 1 N–H and O–H groups in total. The second-order valence-electron chi connectivity index (χ2n) is 6.43. The Labute approximate surface area is 134 Å². The van der Waals surface area contributed by atoms with Gasteiger partial charge in [0.1, 0.15) is 11.2 Å². The van der Waals surface area contributed by atoms with E-state index in [1.54, 1.807) is 17.1 Å². The molecule has 0 unspecified atom stereocenters. The topological polar surface area (TPSA) is 69.3 Å². The number of nitrogens with zero attached hydrogens (tertiary/aromatic N) is 5. The number of fused-ring (bicyclic) bond motifs is 1. The minimum atomic E-state index is -0.189. The molecule has 0 spiro atoms. The lowest BCUT2D eigenvalue weighted by molar-refractivity contribution is -0.0209. The molecule has 4 rings (SSSR count). The van der Waals surface area contributed by atoms with Crippen LogP contribution in [-0.4, -0.2) is 42.8 Å². The molecule has 120 valence electrons. The van der Waals surface area contributed by atoms with Gasteiger partial charge in [-0.05, 0) is 14.0 Å². The highest BCUT2D eigenvalue weighted by Gasteiger charge is 2.42. The maximum absolute atomic E-state index is 6.26. The molecule has 7 heteroatoms. The van der Waals surface area contributed by atoms with E-state index in [9.17, 15) is 0 Å². The van der Waals surface area contributed by atoms with Crippen LogP contribution in [0.25, 0.3) is 16.9 Å². The Bertz CT molecular complexity index is 845. The predicted octanol–water partition coefficient (Wildman–Crippen LogP) is 1.65. The molecule has 0 bridgehead atoms. The molecule has 3 aromatic heterocycles. The Kier molecular flexibility index (Phi) is 3.12. The summed E-state index contributed by atoms with van der Waals surface area (Å²) in [6.45, 7) is 2.13. The Morgan fingerprint density at radius 1 is 1.39 bits per heavy atom. The van der Waals surface area contributed by atoms with Crippen molar-refractivity contribution < 1.29 is 4.74 Å². The maximum atomic E-state index is 6.26. The molecule has 0 saturated heterocycles. The van der Waals surface area contributed by atoms with Gasteiger partial charge in [-0.2, -0.15) is 10.1 Å². The van der Waals surface area contributed by atoms with Crippen molar-refractivity contribution in [2.45, 2.75) is 31.4 Å². The highest BCUT2D eigenvalue weighted by molar-refractivity contribution is 5.62. The summed E-state index contributed by atoms with van der Waals surface area (Å²) >= 11 is 0. The van der Waals surface area contributed by atoms with Crippen LogP contribution in [0.4, 0.5) is 0 Å². The van der Waals surface area contributed by atoms with E-state index in [1.165, 1.54) is 0 Å². The molecular weight excluding hydrogens is 292 g/mol. The van der Waals surface area contributed by atoms with Gasteiger partial charge in [-0.1, -0.05) is 0 Å². The van der Waals surface area contributed by atoms with Crippen LogP contribution in [0.15, 0.2) is 30.9 Å². The first-order valence-electron chi connectivity index (χ1n) is 7.76. The molecular formula is C16H20N6O. The Balaban J connectivity index is 1.72. The minimum Gasteiger partial charge on any atom is -0.458 e. The lowest BCUT2D eigenvalue weighted by Gasteiger charge is -2.44. The smallest absolute Gasteiger partial charge is 0.303 e. The second kappa shape index (κ2) is 5.06. The van der Waals surface area contributed by atoms with Crippen molar-refractivity contribution in [2.75, 3.05) is 7.05 Å². The van der Waals surface area contributed by atoms with Gasteiger partial charge in [0.2, 0.25) is 0 Å². The summed E-state index contributed by atoms with van der Waals surface area (Å²) in [7, 11) is 3.88. The summed E-state index contributed by atoms with van der Waals surface area (Å²) in [5.74, 6) is 0. The number of aromatic nitrogens is 5. The zero-order valence-corrected chi connectivity index (χ0v) is 13.5. The first kappa shape index (κ1) is 14.2. The number of aryl methyl sites for hydroxylation is 1. The molecule has 1 aliphatic rings. The highest BCUT2D eigenvalue weighted by atomic mass is 16.5. The van der Waals surface area contributed by atoms with Gasteiger partial charge in [-0.3, -0.25) is 9.08 Å². The SMILES string of the molecule is CN[C@H]1C[C@@](C)(Oc2nc(-c3cnn(C)c3)cc3nccn23)C1. The van der Waals surface area contributed by atoms with Gasteiger partial charge in [0, 0.05) is 56.2 Å². The number of ether oxygens (including phenoxy) is 1. The molecule has 3 aromatic rings. The molecule has 0 radical (unpaired) electrons. The number of rotatable bonds is 4. The Morgan fingerprint density at radius 3 is 2.91 bits per heavy atom. The number of nitrogens with one attached hydrogen (secondary N) is 1. The largest absolute Gasteiger partial charge is 0.458 e. The van der Waals surface area contributed by atoms with E-state index in [1.807, 2.05) is 37.0 Å². The first-order chi connectivity index (χ1) is 11.1. The van der Waals surface area contributed by atoms with E-state index < -0.39 is 0 Å². The van der Waals surface area contributed by atoms with Crippen molar-refractivity contribution in [2.24, 2.45) is 7.05 Å². The molecule has 0 aromatic carbocycles. The summed E-state index contributed by atoms with van der Waals surface area (Å²) in [6, 6.07) is 3.04. The molecule has 0 atom stereocenters. The molecule has 23 heavy (non-hydrogen) atoms. The average Bonchev–Trinajstić information content (AvgIpc) is 3.12. The van der Waals surface area contributed by atoms with E-state index in [4.69, 9.17) is 9.72 Å². The number of imidazole rings is 1. The molecule has 1 saturated carbocycles. The van der Waals surface area contributed by atoms with Crippen LogP contribution in [0.3, 0.4) is 0 Å². The van der Waals surface area contributed by atoms with Crippen molar-refractivity contribution in [3.63, 3.8) is 0 Å². The third-order valence-electron chi connectivity index (χ3n) is 4.46. The van der Waals surface area contributed by atoms with Crippen molar-refractivity contribution in [1.29, 1.82) is 0 Å². The summed E-state index contributed by atoms with van der Waals surface area (Å²) in [6.07, 6.45) is 9.32. The van der Waals surface area contributed by atoms with Gasteiger partial charge in [0.15, 0.2) is 0 Å². The monoisotopic (exact) mass is 312 g/mol. The van der Waals surface area contributed by atoms with Crippen LogP contribution >= 0.6 is 0 Å². The van der Waals surface area contributed by atoms with Crippen LogP contribution in [0, 0.1) is 0 Å². The van der Waals surface area contributed by atoms with Gasteiger partial charge >= 0.3 is 6.01 Å². The minimum absolute atomic E-state index is 0.189. The fraction of sp³-hybridized carbons (Fsp3) is 0.438. The van der Waals surface area contributed by atoms with Gasteiger partial charge < -0.3 is 10.1 Å². The van der Waals surface area contributed by atoms with Crippen LogP contribution in [0.1, 0.15) is 19.8 Å². The summed E-state index contributed by atoms with van der Waals surface area (Å²) in [4.78, 5) is 9.08. The van der Waals surface area contributed by atoms with Crippen LogP contribution in [0.5, 0.6) is 6.01 Å². The lowest BCUT2D eigenvalue weighted by atomic mass is 9.77. The summed E-state index contributed by atoms with van der Waals surface area (Å²) in [5.41, 5.74) is 2.40. The molecule has 1 aliphatic carbocycles. The first-order valence-corrected chi connectivity index (χ1v) is 7.76. The van der Waals surface area contributed by atoms with Crippen molar-refractivity contribution in [3.05, 3.63) is 30.9 Å². The predicted molar refractivity (Wildman–Crippen MR) is 86.3 cm³/mol. The normalized spacial score (nSPS) is 23.9. The average molecular weight is 312 g/mol. The summed E-state index contributed by atoms with van der Waals surface area (Å²) < 4.78 is 9.90. The summed E-state index contributed by atoms with van der Waals surface area (Å²) in [5, 5.41) is 7.50. The fourth-order valence-electron chi connectivity index (χ4n) is 3.16. The van der Waals surface area contributed by atoms with E-state index in [2.05, 4.69) is 22.3 Å². The van der Waals surface area contributed by atoms with Crippen LogP contribution in [-0.2, 0) is 7.05 Å². The van der Waals surface area contributed by atoms with E-state index in [-0.39, 0.29) is 5.60 Å². The van der Waals surface area contributed by atoms with E-state index >= 15 is 0 Å². The van der Waals surface area contributed by atoms with Gasteiger partial charge in [-0.15, -0.1) is 0 Å². The lowest BCUT2D eigenvalue weighted by Crippen LogP contribution is -2.54. The molecule has 3 heterocycles. The van der Waals surface area contributed by atoms with Crippen LogP contribution < -0.4 is 10.1 Å². The van der Waals surface area contributed by atoms with Crippen LogP contribution in [0.2, 0.25) is 0 Å².